The van der Waals surface area contributed by atoms with E-state index in [1.165, 1.54) is 14.2 Å². The molecule has 2 atom stereocenters. The first-order valence-electron chi connectivity index (χ1n) is 38.6. The summed E-state index contributed by atoms with van der Waals surface area (Å²) < 4.78 is 41.1. The van der Waals surface area contributed by atoms with Crippen LogP contribution >= 0.6 is 0 Å². The molecule has 2 unspecified atom stereocenters. The quantitative estimate of drug-likeness (QED) is 0.0185. The second kappa shape index (κ2) is 32.5. The van der Waals surface area contributed by atoms with Gasteiger partial charge in [0.05, 0.1) is 22.3 Å². The summed E-state index contributed by atoms with van der Waals surface area (Å²) in [5.41, 5.74) is 7.19. The van der Waals surface area contributed by atoms with Gasteiger partial charge in [-0.3, -0.25) is 48.2 Å². The summed E-state index contributed by atoms with van der Waals surface area (Å²) in [5.74, 6) is -2.90. The Balaban J connectivity index is 1.15. The fourth-order valence-electron chi connectivity index (χ4n) is 17.1. The molecule has 2 heterocycles. The molecule has 2 aliphatic carbocycles. The standard InChI is InChI=1S/C90H100N6O14/c1-49(2)83(97)91-25-27-93(47-59-19-15-16-20-59)89(103)69(23-29-105-13)95-85(99)65-43-71(107-61-35-51(5)31-52(6)36-61)77-79-73(109-63-39-55(9)33-56(10)40-63)45-67-76-68(88(102)96(87(67)101)70(24-30-106-14)90(104)94(48-60-21-17-18-22-60)28-26-92-84(98)50(3)4)46-74(110-64-41-57(11)34-58(12)42-64)80(82(76)79)78-72(44-66(86(95)100)75(65)81(77)78)108-62-37-53(7)32-54(8)38-62/h31-46,50,59-60,69-70H,1,15-30,47-48H2,2-14H3,(H,91,97)(H,92,98). The summed E-state index contributed by atoms with van der Waals surface area (Å²) in [5, 5.41) is 7.99. The third kappa shape index (κ3) is 15.8. The average Bonchev–Trinajstić information content (AvgIpc) is 0.718. The van der Waals surface area contributed by atoms with Gasteiger partial charge in [-0.05, 0) is 217 Å². The first-order chi connectivity index (χ1) is 52.7. The van der Waals surface area contributed by atoms with Crippen molar-refractivity contribution in [2.45, 2.75) is 152 Å². The Kier molecular flexibility index (Phi) is 22.9. The second-order valence-electron chi connectivity index (χ2n) is 31.3. The minimum Gasteiger partial charge on any atom is -0.457 e. The van der Waals surface area contributed by atoms with E-state index in [1.807, 2.05) is 128 Å². The first kappa shape index (κ1) is 77.5. The van der Waals surface area contributed by atoms with E-state index in [2.05, 4.69) is 17.2 Å². The molecule has 0 aromatic heterocycles. The zero-order valence-corrected chi connectivity index (χ0v) is 65.6. The molecule has 13 rings (SSSR count). The highest BCUT2D eigenvalue weighted by Crippen LogP contribution is 2.58. The lowest BCUT2D eigenvalue weighted by Crippen LogP contribution is -2.56. The number of aryl methyl sites for hydroxylation is 8. The van der Waals surface area contributed by atoms with Gasteiger partial charge in [-0.15, -0.1) is 0 Å². The van der Waals surface area contributed by atoms with Gasteiger partial charge in [0.1, 0.15) is 58.1 Å². The number of ether oxygens (including phenoxy) is 6. The Morgan fingerprint density at radius 3 is 0.973 bits per heavy atom. The van der Waals surface area contributed by atoms with Crippen LogP contribution in [0.25, 0.3) is 43.1 Å². The van der Waals surface area contributed by atoms with Gasteiger partial charge in [0, 0.05) is 134 Å². The van der Waals surface area contributed by atoms with E-state index in [0.29, 0.717) is 63.2 Å². The zero-order chi connectivity index (χ0) is 78.3. The van der Waals surface area contributed by atoms with Gasteiger partial charge in [0.25, 0.3) is 23.6 Å². The molecule has 0 bridgehead atoms. The van der Waals surface area contributed by atoms with Crippen LogP contribution < -0.4 is 29.6 Å². The van der Waals surface area contributed by atoms with Gasteiger partial charge >= 0.3 is 0 Å². The van der Waals surface area contributed by atoms with E-state index >= 15 is 28.8 Å². The van der Waals surface area contributed by atoms with Crippen molar-refractivity contribution in [2.75, 3.05) is 66.7 Å². The lowest BCUT2D eigenvalue weighted by molar-refractivity contribution is -0.137. The number of benzene rings is 9. The molecule has 2 N–H and O–H groups in total. The van der Waals surface area contributed by atoms with Gasteiger partial charge in [-0.25, -0.2) is 0 Å². The highest BCUT2D eigenvalue weighted by molar-refractivity contribution is 6.45. The smallest absolute Gasteiger partial charge is 0.262 e. The number of nitrogens with one attached hydrogen (secondary N) is 2. The van der Waals surface area contributed by atoms with E-state index in [9.17, 15) is 9.59 Å². The molecule has 0 radical (unpaired) electrons. The number of methoxy groups -OCH3 is 2. The van der Waals surface area contributed by atoms with Crippen molar-refractivity contribution < 1.29 is 66.8 Å². The molecule has 110 heavy (non-hydrogen) atoms. The van der Waals surface area contributed by atoms with Crippen molar-refractivity contribution in [3.8, 4) is 46.0 Å². The molecule has 9 aromatic carbocycles. The van der Waals surface area contributed by atoms with Crippen molar-refractivity contribution in [3.63, 3.8) is 0 Å². The van der Waals surface area contributed by atoms with Crippen molar-refractivity contribution in [1.29, 1.82) is 0 Å². The number of amides is 8. The molecule has 8 amide bonds. The number of fused-ring (bicyclic) bond motifs is 2. The monoisotopic (exact) mass is 1490 g/mol. The minimum atomic E-state index is -1.43. The maximum Gasteiger partial charge on any atom is 0.262 e. The largest absolute Gasteiger partial charge is 0.457 e. The number of rotatable bonds is 30. The molecule has 2 fully saturated rings. The van der Waals surface area contributed by atoms with E-state index in [0.717, 1.165) is 106 Å². The molecule has 574 valence electrons. The van der Waals surface area contributed by atoms with Crippen LogP contribution in [0.3, 0.4) is 0 Å². The van der Waals surface area contributed by atoms with Crippen molar-refractivity contribution >= 4 is 90.3 Å². The molecule has 4 aliphatic rings. The highest BCUT2D eigenvalue weighted by atomic mass is 16.5. The molecular formula is C90H100N6O14. The Bertz CT molecular complexity index is 4740. The summed E-state index contributed by atoms with van der Waals surface area (Å²) >= 11 is 0. The fraction of sp³-hybridized carbons (Fsp3) is 0.400. The summed E-state index contributed by atoms with van der Waals surface area (Å²) in [6.45, 7) is 25.6. The van der Waals surface area contributed by atoms with E-state index in [1.54, 1.807) is 54.8 Å². The minimum absolute atomic E-state index is 0.00264. The maximum absolute atomic E-state index is 16.7. The van der Waals surface area contributed by atoms with Crippen molar-refractivity contribution in [1.82, 2.24) is 30.2 Å². The summed E-state index contributed by atoms with van der Waals surface area (Å²) in [6, 6.07) is 26.6. The Labute approximate surface area is 643 Å². The molecule has 0 saturated heterocycles. The highest BCUT2D eigenvalue weighted by Gasteiger charge is 2.48. The predicted molar refractivity (Wildman–Crippen MR) is 426 cm³/mol. The SMILES string of the molecule is C=C(C)C(=O)NCCN(CC1CCCC1)C(=O)C(CCOC)N1C(=O)c2cc(Oc3cc(C)cc(C)c3)c3c4c(Oc5cc(C)cc(C)c5)cc5c6c(cc(Oc7cc(C)cc(C)c7)c(c7c(Oc8cc(C)cc(C)c8)cc(c2c37)C1=O)c64)C(=O)N(C(CCOC)C(=O)N(CCNC(=O)C(C)C)CC1CCCC1)C5=O. The first-order valence-corrected chi connectivity index (χ1v) is 38.6. The second-order valence-corrected chi connectivity index (χ2v) is 31.3. The normalized spacial score (nSPS) is 15.1. The van der Waals surface area contributed by atoms with Crippen LogP contribution in [0.1, 0.15) is 171 Å². The summed E-state index contributed by atoms with van der Waals surface area (Å²) in [6.07, 6.45) is 7.28. The van der Waals surface area contributed by atoms with Crippen molar-refractivity contribution in [2.24, 2.45) is 17.8 Å². The fourth-order valence-corrected chi connectivity index (χ4v) is 17.1. The van der Waals surface area contributed by atoms with Crippen LogP contribution in [0.5, 0.6) is 46.0 Å². The number of hydrogen-bond acceptors (Lipinski definition) is 14. The molecule has 9 aromatic rings. The number of carbonyl (C=O) groups excluding carboxylic acids is 8. The van der Waals surface area contributed by atoms with Crippen molar-refractivity contribution in [3.05, 3.63) is 176 Å². The Morgan fingerprint density at radius 2 is 0.709 bits per heavy atom. The predicted octanol–water partition coefficient (Wildman–Crippen LogP) is 16.9. The molecule has 0 spiro atoms. The Morgan fingerprint density at radius 1 is 0.427 bits per heavy atom. The van der Waals surface area contributed by atoms with Gasteiger partial charge in [0.15, 0.2) is 0 Å². The number of nitrogens with zero attached hydrogens (tertiary/aromatic N) is 4. The molecule has 2 aliphatic heterocycles. The van der Waals surface area contributed by atoms with Gasteiger partial charge in [-0.2, -0.15) is 0 Å². The summed E-state index contributed by atoms with van der Waals surface area (Å²) in [4.78, 5) is 130. The van der Waals surface area contributed by atoms with Crippen LogP contribution in [0.15, 0.2) is 109 Å². The summed E-state index contributed by atoms with van der Waals surface area (Å²) in [7, 11) is 2.99. The topological polar surface area (TPSA) is 229 Å². The zero-order valence-electron chi connectivity index (χ0n) is 65.6. The van der Waals surface area contributed by atoms with E-state index in [-0.39, 0.29) is 149 Å². The molecule has 20 heteroatoms. The molecular weight excluding hydrogens is 1390 g/mol. The van der Waals surface area contributed by atoms with Gasteiger partial charge in [0.2, 0.25) is 23.6 Å². The molecule has 2 saturated carbocycles. The molecule has 20 nitrogen and oxygen atoms in total. The van der Waals surface area contributed by atoms with Crippen LogP contribution in [0.2, 0.25) is 0 Å². The lowest BCUT2D eigenvalue weighted by atomic mass is 9.80. The Hall–Kier alpha value is -10.7. The number of imide groups is 2. The van der Waals surface area contributed by atoms with Gasteiger partial charge in [-0.1, -0.05) is 70.4 Å². The third-order valence-electron chi connectivity index (χ3n) is 21.8. The maximum atomic E-state index is 16.7. The lowest BCUT2D eigenvalue weighted by Gasteiger charge is -2.38. The van der Waals surface area contributed by atoms with Gasteiger partial charge < -0.3 is 48.9 Å². The van der Waals surface area contributed by atoms with Crippen LogP contribution in [0, 0.1) is 73.1 Å². The number of carbonyl (C=O) groups is 8. The van der Waals surface area contributed by atoms with E-state index in [4.69, 9.17) is 28.4 Å². The van der Waals surface area contributed by atoms with Crippen LogP contribution in [0.4, 0.5) is 0 Å². The third-order valence-corrected chi connectivity index (χ3v) is 21.8. The van der Waals surface area contributed by atoms with Crippen LogP contribution in [-0.2, 0) is 28.7 Å². The number of hydrogen-bond donors (Lipinski definition) is 2. The van der Waals surface area contributed by atoms with Crippen LogP contribution in [-0.4, -0.2) is 146 Å². The average molecular weight is 1490 g/mol. The van der Waals surface area contributed by atoms with E-state index < -0.39 is 47.5 Å².